The van der Waals surface area contributed by atoms with Crippen molar-refractivity contribution >= 4 is 12.0 Å². The molecule has 0 fully saturated rings. The third-order valence-corrected chi connectivity index (χ3v) is 3.29. The summed E-state index contributed by atoms with van der Waals surface area (Å²) in [6, 6.07) is 3.71. The molecule has 1 aromatic rings. The van der Waals surface area contributed by atoms with Crippen molar-refractivity contribution in [3.63, 3.8) is 0 Å². The molecule has 0 unspecified atom stereocenters. The highest BCUT2D eigenvalue weighted by Gasteiger charge is 2.18. The quantitative estimate of drug-likeness (QED) is 0.381. The van der Waals surface area contributed by atoms with E-state index in [1.54, 1.807) is 6.08 Å². The Hall–Kier alpha value is -2.17. The normalized spacial score (nSPS) is 11.5. The predicted octanol–water partition coefficient (Wildman–Crippen LogP) is 5.41. The minimum Gasteiger partial charge on any atom is -0.493 e. The molecule has 0 aliphatic carbocycles. The number of esters is 1. The lowest BCUT2D eigenvalue weighted by molar-refractivity contribution is -0.148. The number of hydrogen-bond donors (Lipinski definition) is 0. The third-order valence-electron chi connectivity index (χ3n) is 3.29. The SMILES string of the molecule is CCCOc1ccc(OCCC)c(OCCC)c1C=CC(=O)OC(C)(C)C. The van der Waals surface area contributed by atoms with Gasteiger partial charge >= 0.3 is 5.97 Å². The van der Waals surface area contributed by atoms with Crippen molar-refractivity contribution < 1.29 is 23.7 Å². The van der Waals surface area contributed by atoms with Crippen LogP contribution in [0.5, 0.6) is 17.2 Å². The Balaban J connectivity index is 3.27. The highest BCUT2D eigenvalue weighted by Crippen LogP contribution is 2.39. The number of carbonyl (C=O) groups excluding carboxylic acids is 1. The summed E-state index contributed by atoms with van der Waals surface area (Å²) in [5.74, 6) is 1.49. The average Bonchev–Trinajstić information content (AvgIpc) is 2.60. The summed E-state index contributed by atoms with van der Waals surface area (Å²) in [7, 11) is 0. The van der Waals surface area contributed by atoms with Gasteiger partial charge in [0.05, 0.1) is 25.4 Å². The van der Waals surface area contributed by atoms with Crippen molar-refractivity contribution in [2.24, 2.45) is 0 Å². The fourth-order valence-corrected chi connectivity index (χ4v) is 2.22. The van der Waals surface area contributed by atoms with Crippen LogP contribution in [0.15, 0.2) is 18.2 Å². The summed E-state index contributed by atoms with van der Waals surface area (Å²) >= 11 is 0. The summed E-state index contributed by atoms with van der Waals surface area (Å²) in [4.78, 5) is 12.1. The van der Waals surface area contributed by atoms with Crippen LogP contribution < -0.4 is 14.2 Å². The Labute approximate surface area is 163 Å². The second-order valence-electron chi connectivity index (χ2n) is 7.22. The molecule has 0 amide bonds. The topological polar surface area (TPSA) is 54.0 Å². The molecule has 5 heteroatoms. The van der Waals surface area contributed by atoms with Crippen LogP contribution in [-0.2, 0) is 9.53 Å². The van der Waals surface area contributed by atoms with Crippen LogP contribution in [-0.4, -0.2) is 31.4 Å². The Morgan fingerprint density at radius 1 is 0.889 bits per heavy atom. The van der Waals surface area contributed by atoms with Gasteiger partial charge in [0.25, 0.3) is 0 Å². The number of rotatable bonds is 11. The van der Waals surface area contributed by atoms with E-state index in [1.807, 2.05) is 46.8 Å². The first-order valence-electron chi connectivity index (χ1n) is 9.78. The second kappa shape index (κ2) is 11.5. The lowest BCUT2D eigenvalue weighted by atomic mass is 10.1. The van der Waals surface area contributed by atoms with Crippen LogP contribution in [0, 0.1) is 0 Å². The van der Waals surface area contributed by atoms with E-state index in [4.69, 9.17) is 18.9 Å². The van der Waals surface area contributed by atoms with Crippen LogP contribution in [0.1, 0.15) is 66.4 Å². The highest BCUT2D eigenvalue weighted by molar-refractivity contribution is 5.89. The molecule has 0 atom stereocenters. The maximum atomic E-state index is 12.1. The zero-order valence-corrected chi connectivity index (χ0v) is 17.6. The van der Waals surface area contributed by atoms with Crippen molar-refractivity contribution in [1.29, 1.82) is 0 Å². The van der Waals surface area contributed by atoms with E-state index in [9.17, 15) is 4.79 Å². The first-order valence-corrected chi connectivity index (χ1v) is 9.78. The van der Waals surface area contributed by atoms with Crippen molar-refractivity contribution in [2.45, 2.75) is 66.4 Å². The molecule has 1 aromatic carbocycles. The molecule has 0 bridgehead atoms. The fraction of sp³-hybridized carbons (Fsp3) is 0.591. The minimum absolute atomic E-state index is 0.412. The smallest absolute Gasteiger partial charge is 0.331 e. The standard InChI is InChI=1S/C22H34O5/c1-7-14-24-18-11-12-19(25-15-8-2)21(26-16-9-3)17(18)10-13-20(23)27-22(4,5)6/h10-13H,7-9,14-16H2,1-6H3. The summed E-state index contributed by atoms with van der Waals surface area (Å²) in [5.41, 5.74) is 0.146. The molecular formula is C22H34O5. The number of hydrogen-bond acceptors (Lipinski definition) is 5. The van der Waals surface area contributed by atoms with E-state index < -0.39 is 11.6 Å². The summed E-state index contributed by atoms with van der Waals surface area (Å²) < 4.78 is 23.0. The molecule has 0 aliphatic rings. The van der Waals surface area contributed by atoms with Crippen molar-refractivity contribution in [3.8, 4) is 17.2 Å². The Morgan fingerprint density at radius 2 is 1.41 bits per heavy atom. The Morgan fingerprint density at radius 3 is 1.96 bits per heavy atom. The lowest BCUT2D eigenvalue weighted by Crippen LogP contribution is -2.22. The summed E-state index contributed by atoms with van der Waals surface area (Å²) in [6.45, 7) is 13.4. The van der Waals surface area contributed by atoms with Crippen LogP contribution in [0.2, 0.25) is 0 Å². The molecule has 0 saturated carbocycles. The maximum absolute atomic E-state index is 12.1. The maximum Gasteiger partial charge on any atom is 0.331 e. The van der Waals surface area contributed by atoms with E-state index in [2.05, 4.69) is 6.92 Å². The monoisotopic (exact) mass is 378 g/mol. The van der Waals surface area contributed by atoms with Gasteiger partial charge < -0.3 is 18.9 Å². The molecule has 0 N–H and O–H groups in total. The first kappa shape index (κ1) is 22.9. The van der Waals surface area contributed by atoms with Crippen molar-refractivity contribution in [3.05, 3.63) is 23.8 Å². The van der Waals surface area contributed by atoms with Crippen LogP contribution in [0.25, 0.3) is 6.08 Å². The van der Waals surface area contributed by atoms with Gasteiger partial charge in [-0.15, -0.1) is 0 Å². The molecule has 1 rings (SSSR count). The van der Waals surface area contributed by atoms with Gasteiger partial charge in [0.2, 0.25) is 0 Å². The summed E-state index contributed by atoms with van der Waals surface area (Å²) in [5, 5.41) is 0. The van der Waals surface area contributed by atoms with Crippen molar-refractivity contribution in [1.82, 2.24) is 0 Å². The molecule has 0 heterocycles. The second-order valence-corrected chi connectivity index (χ2v) is 7.22. The predicted molar refractivity (Wildman–Crippen MR) is 109 cm³/mol. The highest BCUT2D eigenvalue weighted by atomic mass is 16.6. The molecule has 27 heavy (non-hydrogen) atoms. The number of carbonyl (C=O) groups is 1. The molecule has 0 spiro atoms. The number of benzene rings is 1. The molecular weight excluding hydrogens is 344 g/mol. The van der Waals surface area contributed by atoms with Gasteiger partial charge in [0.15, 0.2) is 11.5 Å². The first-order chi connectivity index (χ1) is 12.8. The van der Waals surface area contributed by atoms with E-state index in [0.29, 0.717) is 42.6 Å². The number of ether oxygens (including phenoxy) is 4. The van der Waals surface area contributed by atoms with Gasteiger partial charge in [-0.2, -0.15) is 0 Å². The van der Waals surface area contributed by atoms with E-state index >= 15 is 0 Å². The van der Waals surface area contributed by atoms with Gasteiger partial charge in [-0.3, -0.25) is 0 Å². The third kappa shape index (κ3) is 8.37. The van der Waals surface area contributed by atoms with E-state index in [-0.39, 0.29) is 0 Å². The lowest BCUT2D eigenvalue weighted by Gasteiger charge is -2.19. The molecule has 0 saturated heterocycles. The molecule has 0 aliphatic heterocycles. The van der Waals surface area contributed by atoms with E-state index in [0.717, 1.165) is 19.3 Å². The Kier molecular flexibility index (Phi) is 9.76. The van der Waals surface area contributed by atoms with Gasteiger partial charge in [-0.25, -0.2) is 4.79 Å². The fourth-order valence-electron chi connectivity index (χ4n) is 2.22. The molecule has 0 aromatic heterocycles. The Bertz CT molecular complexity index is 614. The van der Waals surface area contributed by atoms with Crippen molar-refractivity contribution in [2.75, 3.05) is 19.8 Å². The van der Waals surface area contributed by atoms with E-state index in [1.165, 1.54) is 6.08 Å². The van der Waals surface area contributed by atoms with Gasteiger partial charge in [0, 0.05) is 6.08 Å². The van der Waals surface area contributed by atoms with Crippen LogP contribution in [0.3, 0.4) is 0 Å². The van der Waals surface area contributed by atoms with Gasteiger partial charge in [-0.05, 0) is 58.2 Å². The largest absolute Gasteiger partial charge is 0.493 e. The average molecular weight is 379 g/mol. The molecule has 5 nitrogen and oxygen atoms in total. The molecule has 152 valence electrons. The minimum atomic E-state index is -0.545. The zero-order valence-electron chi connectivity index (χ0n) is 17.6. The zero-order chi connectivity index (χ0) is 20.3. The van der Waals surface area contributed by atoms with Gasteiger partial charge in [0.1, 0.15) is 11.4 Å². The molecule has 0 radical (unpaired) electrons. The van der Waals surface area contributed by atoms with Gasteiger partial charge in [-0.1, -0.05) is 20.8 Å². The van der Waals surface area contributed by atoms with Crippen LogP contribution >= 0.6 is 0 Å². The summed E-state index contributed by atoms with van der Waals surface area (Å²) in [6.07, 6.45) is 5.73. The van der Waals surface area contributed by atoms with Crippen LogP contribution in [0.4, 0.5) is 0 Å².